The first-order valence-electron chi connectivity index (χ1n) is 3.89. The molecule has 3 N–H and O–H groups in total. The molecule has 0 amide bonds. The number of allylic oxidation sites excluding steroid dienone is 1. The summed E-state index contributed by atoms with van der Waals surface area (Å²) in [6, 6.07) is 0. The Bertz CT molecular complexity index is 269. The van der Waals surface area contributed by atoms with Crippen molar-refractivity contribution in [1.29, 1.82) is 0 Å². The molecule has 9 heteroatoms. The minimum Gasteiger partial charge on any atom is -0.302 e. The first-order valence-corrected chi connectivity index (χ1v) is 6.91. The highest BCUT2D eigenvalue weighted by Gasteiger charge is 2.32. The lowest BCUT2D eigenvalue weighted by Gasteiger charge is -2.14. The first kappa shape index (κ1) is 17.4. The molecule has 1 unspecified atom stereocenters. The lowest BCUT2D eigenvalue weighted by atomic mass is 10.5. The summed E-state index contributed by atoms with van der Waals surface area (Å²) in [6.45, 7) is 8.10. The zero-order valence-corrected chi connectivity index (χ0v) is 10.5. The van der Waals surface area contributed by atoms with E-state index in [9.17, 15) is 9.13 Å². The highest BCUT2D eigenvalue weighted by atomic mass is 31.3. The SMILES string of the molecule is C=CC.CC(C)OP(=O)(O)OP(=O)(O)O. The van der Waals surface area contributed by atoms with Gasteiger partial charge in [0.2, 0.25) is 0 Å². The summed E-state index contributed by atoms with van der Waals surface area (Å²) in [5, 5.41) is 0. The van der Waals surface area contributed by atoms with E-state index in [0.29, 0.717) is 0 Å². The fourth-order valence-corrected chi connectivity index (χ4v) is 2.18. The maximum absolute atomic E-state index is 10.7. The van der Waals surface area contributed by atoms with Gasteiger partial charge in [-0.3, -0.25) is 4.52 Å². The number of phosphoric ester groups is 1. The summed E-state index contributed by atoms with van der Waals surface area (Å²) in [7, 11) is -9.61. The van der Waals surface area contributed by atoms with Gasteiger partial charge in [-0.15, -0.1) is 6.58 Å². The van der Waals surface area contributed by atoms with Crippen LogP contribution in [0.25, 0.3) is 0 Å². The Morgan fingerprint density at radius 3 is 1.80 bits per heavy atom. The van der Waals surface area contributed by atoms with Crippen molar-refractivity contribution < 1.29 is 32.6 Å². The summed E-state index contributed by atoms with van der Waals surface area (Å²) in [5.74, 6) is 0. The fraction of sp³-hybridized carbons (Fsp3) is 0.667. The van der Waals surface area contributed by atoms with E-state index in [2.05, 4.69) is 15.4 Å². The monoisotopic (exact) mass is 262 g/mol. The lowest BCUT2D eigenvalue weighted by Crippen LogP contribution is -2.01. The van der Waals surface area contributed by atoms with Crippen molar-refractivity contribution in [3.8, 4) is 0 Å². The molecule has 92 valence electrons. The van der Waals surface area contributed by atoms with Gasteiger partial charge in [-0.2, -0.15) is 4.31 Å². The highest BCUT2D eigenvalue weighted by molar-refractivity contribution is 7.60. The molecule has 0 aromatic rings. The second kappa shape index (κ2) is 7.30. The highest BCUT2D eigenvalue weighted by Crippen LogP contribution is 2.57. The van der Waals surface area contributed by atoms with Crippen molar-refractivity contribution in [3.63, 3.8) is 0 Å². The Hall–Kier alpha value is -0.0000000000000000416. The van der Waals surface area contributed by atoms with E-state index in [-0.39, 0.29) is 0 Å². The number of phosphoric acid groups is 2. The summed E-state index contributed by atoms with van der Waals surface area (Å²) in [5.41, 5.74) is 0. The Morgan fingerprint density at radius 2 is 1.60 bits per heavy atom. The van der Waals surface area contributed by atoms with Crippen LogP contribution in [0.5, 0.6) is 0 Å². The van der Waals surface area contributed by atoms with Crippen molar-refractivity contribution in [3.05, 3.63) is 12.7 Å². The molecule has 0 aliphatic rings. The number of rotatable bonds is 4. The summed E-state index contributed by atoms with van der Waals surface area (Å²) in [4.78, 5) is 24.9. The van der Waals surface area contributed by atoms with Crippen LogP contribution in [0.4, 0.5) is 0 Å². The molecule has 0 aromatic carbocycles. The van der Waals surface area contributed by atoms with Crippen molar-refractivity contribution in [2.45, 2.75) is 26.9 Å². The lowest BCUT2D eigenvalue weighted by molar-refractivity contribution is 0.146. The topological polar surface area (TPSA) is 113 Å². The summed E-state index contributed by atoms with van der Waals surface area (Å²) in [6.07, 6.45) is 1.09. The molecule has 0 fully saturated rings. The van der Waals surface area contributed by atoms with Crippen molar-refractivity contribution in [2.75, 3.05) is 0 Å². The molecule has 0 aliphatic carbocycles. The van der Waals surface area contributed by atoms with Gasteiger partial charge in [-0.05, 0) is 20.8 Å². The van der Waals surface area contributed by atoms with E-state index in [1.165, 1.54) is 13.8 Å². The Morgan fingerprint density at radius 1 is 1.27 bits per heavy atom. The van der Waals surface area contributed by atoms with E-state index < -0.39 is 21.7 Å². The minimum atomic E-state index is -4.98. The van der Waals surface area contributed by atoms with Crippen molar-refractivity contribution >= 4 is 15.6 Å². The van der Waals surface area contributed by atoms with Crippen LogP contribution >= 0.6 is 15.6 Å². The molecule has 0 heterocycles. The van der Waals surface area contributed by atoms with Gasteiger partial charge in [0.25, 0.3) is 0 Å². The van der Waals surface area contributed by atoms with E-state index >= 15 is 0 Å². The van der Waals surface area contributed by atoms with Gasteiger partial charge >= 0.3 is 15.6 Å². The van der Waals surface area contributed by atoms with Gasteiger partial charge in [-0.1, -0.05) is 6.08 Å². The molecule has 0 bridgehead atoms. The molecule has 0 saturated carbocycles. The van der Waals surface area contributed by atoms with Gasteiger partial charge in [0.1, 0.15) is 0 Å². The molecule has 1 atom stereocenters. The van der Waals surface area contributed by atoms with Crippen molar-refractivity contribution in [1.82, 2.24) is 0 Å². The van der Waals surface area contributed by atoms with Gasteiger partial charge in [-0.25, -0.2) is 9.13 Å². The predicted octanol–water partition coefficient (Wildman–Crippen LogP) is 1.81. The molecule has 0 radical (unpaired) electrons. The standard InChI is InChI=1S/C3H10O7P2.C3H6/c1-3(2)9-12(7,8)10-11(4,5)6;1-3-2/h3H,1-2H3,(H,7,8)(H2,4,5,6);3H,1H2,2H3. The molecular weight excluding hydrogens is 246 g/mol. The van der Waals surface area contributed by atoms with Crippen LogP contribution in [0.1, 0.15) is 20.8 Å². The normalized spacial score (nSPS) is 15.1. The zero-order chi connectivity index (χ0) is 12.7. The number of hydrogen-bond donors (Lipinski definition) is 3. The van der Waals surface area contributed by atoms with Crippen LogP contribution in [-0.2, 0) is 18.0 Å². The van der Waals surface area contributed by atoms with Crippen LogP contribution in [0.15, 0.2) is 12.7 Å². The zero-order valence-electron chi connectivity index (χ0n) is 8.73. The molecular formula is C6H16O7P2. The van der Waals surface area contributed by atoms with Crippen LogP contribution in [-0.4, -0.2) is 20.8 Å². The minimum absolute atomic E-state index is 0.660. The Labute approximate surface area is 88.6 Å². The molecule has 15 heavy (non-hydrogen) atoms. The quantitative estimate of drug-likeness (QED) is 0.523. The van der Waals surface area contributed by atoms with E-state index in [0.717, 1.165) is 0 Å². The van der Waals surface area contributed by atoms with E-state index in [1.807, 2.05) is 6.92 Å². The fourth-order valence-electron chi connectivity index (χ4n) is 0.420. The Kier molecular flexibility index (Phi) is 8.47. The molecule has 0 rings (SSSR count). The van der Waals surface area contributed by atoms with Gasteiger partial charge in [0.15, 0.2) is 0 Å². The molecule has 0 aromatic heterocycles. The van der Waals surface area contributed by atoms with Crippen molar-refractivity contribution in [2.24, 2.45) is 0 Å². The average Bonchev–Trinajstić information content (AvgIpc) is 1.76. The van der Waals surface area contributed by atoms with Crippen LogP contribution in [0, 0.1) is 0 Å². The maximum Gasteiger partial charge on any atom is 0.481 e. The van der Waals surface area contributed by atoms with Gasteiger partial charge in [0, 0.05) is 0 Å². The third-order valence-electron chi connectivity index (χ3n) is 0.554. The smallest absolute Gasteiger partial charge is 0.302 e. The third-order valence-corrected chi connectivity index (χ3v) is 2.92. The molecule has 0 spiro atoms. The van der Waals surface area contributed by atoms with Gasteiger partial charge in [0.05, 0.1) is 6.10 Å². The maximum atomic E-state index is 10.7. The summed E-state index contributed by atoms with van der Waals surface area (Å²) >= 11 is 0. The van der Waals surface area contributed by atoms with Gasteiger partial charge < -0.3 is 14.7 Å². The Balaban J connectivity index is 0. The molecule has 0 aliphatic heterocycles. The molecule has 0 saturated heterocycles. The first-order chi connectivity index (χ1) is 6.54. The molecule has 7 nitrogen and oxygen atoms in total. The van der Waals surface area contributed by atoms with E-state index in [4.69, 9.17) is 14.7 Å². The van der Waals surface area contributed by atoms with E-state index in [1.54, 1.807) is 6.08 Å². The van der Waals surface area contributed by atoms with Crippen LogP contribution in [0.3, 0.4) is 0 Å². The second-order valence-corrected chi connectivity index (χ2v) is 5.39. The largest absolute Gasteiger partial charge is 0.481 e. The third kappa shape index (κ3) is 16.7. The second-order valence-electron chi connectivity index (χ2n) is 2.60. The average molecular weight is 262 g/mol. The summed E-state index contributed by atoms with van der Waals surface area (Å²) < 4.78 is 28.4. The predicted molar refractivity (Wildman–Crippen MR) is 55.0 cm³/mol. The number of hydrogen-bond acceptors (Lipinski definition) is 4. The van der Waals surface area contributed by atoms with Crippen LogP contribution in [0.2, 0.25) is 0 Å². The van der Waals surface area contributed by atoms with Crippen LogP contribution < -0.4 is 0 Å².